The van der Waals surface area contributed by atoms with Gasteiger partial charge in [-0.2, -0.15) is 0 Å². The molecule has 0 N–H and O–H groups in total. The molecule has 0 aromatic heterocycles. The Morgan fingerprint density at radius 2 is 1.55 bits per heavy atom. The van der Waals surface area contributed by atoms with Gasteiger partial charge in [-0.05, 0) is 38.2 Å². The number of amides is 1. The lowest BCUT2D eigenvalue weighted by molar-refractivity contribution is -0.142. The topological polar surface area (TPSA) is 20.3 Å². The molecule has 1 atom stereocenters. The van der Waals surface area contributed by atoms with E-state index >= 15 is 0 Å². The van der Waals surface area contributed by atoms with E-state index in [2.05, 4.69) is 53.7 Å². The smallest absolute Gasteiger partial charge is 0.226 e. The minimum absolute atomic E-state index is 0.00544. The van der Waals surface area contributed by atoms with E-state index in [1.807, 2.05) is 30.1 Å². The van der Waals surface area contributed by atoms with E-state index < -0.39 is 0 Å². The number of hydrogen-bond acceptors (Lipinski definition) is 1. The van der Waals surface area contributed by atoms with Crippen LogP contribution in [0.3, 0.4) is 0 Å². The van der Waals surface area contributed by atoms with E-state index in [0.717, 1.165) is 6.42 Å². The number of carbonyl (C=O) groups excluding carboxylic acids is 1. The van der Waals surface area contributed by atoms with Crippen molar-refractivity contribution in [3.8, 4) is 0 Å². The molecule has 1 amide bonds. The van der Waals surface area contributed by atoms with Crippen LogP contribution in [0.5, 0.6) is 0 Å². The maximum atomic E-state index is 12.9. The summed E-state index contributed by atoms with van der Waals surface area (Å²) in [4.78, 5) is 14.7. The molecule has 1 aromatic carbocycles. The van der Waals surface area contributed by atoms with Crippen LogP contribution in [-0.4, -0.2) is 23.4 Å². The van der Waals surface area contributed by atoms with E-state index in [9.17, 15) is 4.79 Å². The van der Waals surface area contributed by atoms with Crippen molar-refractivity contribution in [2.24, 2.45) is 11.3 Å². The molecular weight excluding hydrogens is 246 g/mol. The lowest BCUT2D eigenvalue weighted by Crippen LogP contribution is -2.48. The second-order valence-electron chi connectivity index (χ2n) is 7.68. The highest BCUT2D eigenvalue weighted by Crippen LogP contribution is 2.32. The number of hydrogen-bond donors (Lipinski definition) is 0. The minimum atomic E-state index is -0.142. The zero-order valence-corrected chi connectivity index (χ0v) is 14.0. The zero-order valence-electron chi connectivity index (χ0n) is 14.0. The van der Waals surface area contributed by atoms with Crippen molar-refractivity contribution in [1.29, 1.82) is 0 Å². The van der Waals surface area contributed by atoms with Gasteiger partial charge in [-0.25, -0.2) is 0 Å². The van der Waals surface area contributed by atoms with Gasteiger partial charge < -0.3 is 4.90 Å². The minimum Gasteiger partial charge on any atom is -0.341 e. The zero-order chi connectivity index (χ0) is 15.6. The lowest BCUT2D eigenvalue weighted by atomic mass is 9.76. The predicted octanol–water partition coefficient (Wildman–Crippen LogP) is 4.15. The van der Waals surface area contributed by atoms with Crippen LogP contribution in [0.2, 0.25) is 0 Å². The molecule has 0 saturated carbocycles. The van der Waals surface area contributed by atoms with Gasteiger partial charge >= 0.3 is 0 Å². The third kappa shape index (κ3) is 4.36. The van der Waals surface area contributed by atoms with Gasteiger partial charge in [0.1, 0.15) is 0 Å². The molecule has 0 aliphatic heterocycles. The van der Waals surface area contributed by atoms with Crippen molar-refractivity contribution in [1.82, 2.24) is 4.90 Å². The van der Waals surface area contributed by atoms with Gasteiger partial charge in [0.2, 0.25) is 5.91 Å². The number of carbonyl (C=O) groups is 1. The van der Waals surface area contributed by atoms with Crippen LogP contribution in [-0.2, 0) is 11.2 Å². The molecule has 0 aliphatic rings. The van der Waals surface area contributed by atoms with Crippen molar-refractivity contribution >= 4 is 5.91 Å². The average Bonchev–Trinajstić information content (AvgIpc) is 2.33. The second kappa shape index (κ2) is 5.99. The fourth-order valence-electron chi connectivity index (χ4n) is 2.18. The largest absolute Gasteiger partial charge is 0.341 e. The van der Waals surface area contributed by atoms with E-state index in [1.165, 1.54) is 5.56 Å². The molecule has 2 heteroatoms. The molecule has 20 heavy (non-hydrogen) atoms. The summed E-state index contributed by atoms with van der Waals surface area (Å²) in [7, 11) is 1.91. The van der Waals surface area contributed by atoms with Crippen LogP contribution in [0, 0.1) is 11.3 Å². The first-order valence-electron chi connectivity index (χ1n) is 7.35. The van der Waals surface area contributed by atoms with E-state index in [0.29, 0.717) is 0 Å². The highest BCUT2D eigenvalue weighted by Gasteiger charge is 2.36. The predicted molar refractivity (Wildman–Crippen MR) is 85.6 cm³/mol. The first kappa shape index (κ1) is 16.7. The van der Waals surface area contributed by atoms with Crippen LogP contribution < -0.4 is 0 Å². The molecular formula is C18H29NO. The molecule has 0 unspecified atom stereocenters. The normalized spacial score (nSPS) is 13.9. The van der Waals surface area contributed by atoms with Crippen molar-refractivity contribution in [2.45, 2.75) is 53.5 Å². The molecule has 112 valence electrons. The monoisotopic (exact) mass is 275 g/mol. The van der Waals surface area contributed by atoms with Gasteiger partial charge in [0, 0.05) is 18.5 Å². The van der Waals surface area contributed by atoms with Gasteiger partial charge in [0.25, 0.3) is 0 Å². The van der Waals surface area contributed by atoms with Crippen molar-refractivity contribution in [3.05, 3.63) is 35.9 Å². The maximum absolute atomic E-state index is 12.9. The van der Waals surface area contributed by atoms with E-state index in [1.54, 1.807) is 0 Å². The summed E-state index contributed by atoms with van der Waals surface area (Å²) in [5.41, 5.74) is 1.03. The van der Waals surface area contributed by atoms with E-state index in [4.69, 9.17) is 0 Å². The van der Waals surface area contributed by atoms with E-state index in [-0.39, 0.29) is 22.8 Å². The summed E-state index contributed by atoms with van der Waals surface area (Å²) in [6, 6.07) is 10.3. The van der Waals surface area contributed by atoms with Crippen molar-refractivity contribution in [3.63, 3.8) is 0 Å². The van der Waals surface area contributed by atoms with Crippen LogP contribution in [0.25, 0.3) is 0 Å². The maximum Gasteiger partial charge on any atom is 0.226 e. The highest BCUT2D eigenvalue weighted by molar-refractivity contribution is 5.80. The van der Waals surface area contributed by atoms with Gasteiger partial charge in [-0.1, -0.05) is 51.1 Å². The fourth-order valence-corrected chi connectivity index (χ4v) is 2.18. The molecule has 0 fully saturated rings. The Balaban J connectivity index is 3.00. The summed E-state index contributed by atoms with van der Waals surface area (Å²) >= 11 is 0. The summed E-state index contributed by atoms with van der Waals surface area (Å²) in [5.74, 6) is 0.225. The van der Waals surface area contributed by atoms with Gasteiger partial charge in [0.15, 0.2) is 0 Å². The van der Waals surface area contributed by atoms with Crippen LogP contribution in [0.1, 0.15) is 47.1 Å². The third-order valence-electron chi connectivity index (χ3n) is 3.96. The Morgan fingerprint density at radius 1 is 1.05 bits per heavy atom. The molecule has 0 radical (unpaired) electrons. The second-order valence-corrected chi connectivity index (χ2v) is 7.68. The molecule has 1 aromatic rings. The summed E-state index contributed by atoms with van der Waals surface area (Å²) < 4.78 is 0. The molecule has 0 bridgehead atoms. The summed E-state index contributed by atoms with van der Waals surface area (Å²) in [6.45, 7) is 12.7. The molecule has 1 rings (SSSR count). The molecule has 0 saturated heterocycles. The van der Waals surface area contributed by atoms with Crippen LogP contribution in [0.15, 0.2) is 30.3 Å². The Hall–Kier alpha value is -1.31. The Bertz CT molecular complexity index is 437. The number of rotatable bonds is 3. The summed E-state index contributed by atoms with van der Waals surface area (Å²) in [6.07, 6.45) is 0.795. The standard InChI is InChI=1S/C18H29NO/c1-17(2,3)15(13-14-11-9-8-10-12-14)16(20)19(7)18(4,5)6/h8-12,15H,13H2,1-7H3/t15-/m0/s1. The third-order valence-corrected chi connectivity index (χ3v) is 3.96. The Kier molecular flexibility index (Phi) is 5.01. The van der Waals surface area contributed by atoms with Crippen LogP contribution >= 0.6 is 0 Å². The van der Waals surface area contributed by atoms with Gasteiger partial charge in [-0.3, -0.25) is 4.79 Å². The van der Waals surface area contributed by atoms with Gasteiger partial charge in [-0.15, -0.1) is 0 Å². The molecule has 0 spiro atoms. The molecule has 0 heterocycles. The first-order chi connectivity index (χ1) is 9.03. The molecule has 0 aliphatic carbocycles. The van der Waals surface area contributed by atoms with Crippen LogP contribution in [0.4, 0.5) is 0 Å². The van der Waals surface area contributed by atoms with Gasteiger partial charge in [0.05, 0.1) is 0 Å². The average molecular weight is 275 g/mol. The number of benzene rings is 1. The quantitative estimate of drug-likeness (QED) is 0.811. The highest BCUT2D eigenvalue weighted by atomic mass is 16.2. The molecule has 2 nitrogen and oxygen atoms in total. The Morgan fingerprint density at radius 3 is 1.95 bits per heavy atom. The number of nitrogens with zero attached hydrogens (tertiary/aromatic N) is 1. The summed E-state index contributed by atoms with van der Waals surface area (Å²) in [5, 5.41) is 0. The lowest BCUT2D eigenvalue weighted by Gasteiger charge is -2.39. The van der Waals surface area contributed by atoms with Crippen molar-refractivity contribution < 1.29 is 4.79 Å². The van der Waals surface area contributed by atoms with Crippen molar-refractivity contribution in [2.75, 3.05) is 7.05 Å². The SMILES string of the molecule is CN(C(=O)[C@H](Cc1ccccc1)C(C)(C)C)C(C)(C)C. The Labute approximate surface area is 124 Å². The first-order valence-corrected chi connectivity index (χ1v) is 7.35. The fraction of sp³-hybridized carbons (Fsp3) is 0.611.